The molecule has 1 aromatic heterocycles. The molecule has 3 heterocycles. The molecule has 0 aromatic carbocycles. The van der Waals surface area contributed by atoms with Crippen molar-refractivity contribution in [2.45, 2.75) is 38.3 Å². The van der Waals surface area contributed by atoms with Gasteiger partial charge in [0.05, 0.1) is 0 Å². The lowest BCUT2D eigenvalue weighted by molar-refractivity contribution is 0.174. The van der Waals surface area contributed by atoms with Gasteiger partial charge in [-0.2, -0.15) is 0 Å². The first-order chi connectivity index (χ1) is 10.3. The smallest absolute Gasteiger partial charge is 0.133 e. The number of hydrogen-bond donors (Lipinski definition) is 1. The molecule has 0 radical (unpaired) electrons. The van der Waals surface area contributed by atoms with Crippen LogP contribution in [0.4, 0.5) is 5.82 Å². The van der Waals surface area contributed by atoms with Gasteiger partial charge in [-0.25, -0.2) is 4.98 Å². The summed E-state index contributed by atoms with van der Waals surface area (Å²) in [6.07, 6.45) is 7.35. The normalized spacial score (nSPS) is 23.7. The van der Waals surface area contributed by atoms with Crippen molar-refractivity contribution in [3.63, 3.8) is 0 Å². The maximum Gasteiger partial charge on any atom is 0.133 e. The minimum absolute atomic E-state index is 0.721. The van der Waals surface area contributed by atoms with Crippen molar-refractivity contribution in [3.05, 3.63) is 22.3 Å². The van der Waals surface area contributed by atoms with Crippen LogP contribution in [0.25, 0.3) is 0 Å². The van der Waals surface area contributed by atoms with E-state index in [1.165, 1.54) is 44.3 Å². The highest BCUT2D eigenvalue weighted by atomic mass is 79.9. The fraction of sp³-hybridized carbons (Fsp3) is 0.688. The summed E-state index contributed by atoms with van der Waals surface area (Å²) in [6, 6.07) is 2.91. The van der Waals surface area contributed by atoms with Gasteiger partial charge in [-0.05, 0) is 61.4 Å². The number of nitrogens with zero attached hydrogens (tertiary/aromatic N) is 3. The van der Waals surface area contributed by atoms with E-state index >= 15 is 0 Å². The lowest BCUT2D eigenvalue weighted by Gasteiger charge is -2.32. The van der Waals surface area contributed by atoms with Crippen LogP contribution in [0.2, 0.25) is 0 Å². The Bertz CT molecular complexity index is 473. The van der Waals surface area contributed by atoms with Crippen LogP contribution < -0.4 is 10.2 Å². The molecule has 0 amide bonds. The van der Waals surface area contributed by atoms with Crippen LogP contribution >= 0.6 is 15.9 Å². The Morgan fingerprint density at radius 3 is 2.86 bits per heavy atom. The number of halogens is 1. The Kier molecular flexibility index (Phi) is 5.14. The molecule has 1 atom stereocenters. The Morgan fingerprint density at radius 2 is 2.10 bits per heavy atom. The second-order valence-corrected chi connectivity index (χ2v) is 7.07. The van der Waals surface area contributed by atoms with Crippen LogP contribution in [0.3, 0.4) is 0 Å². The molecule has 2 aliphatic heterocycles. The molecule has 116 valence electrons. The van der Waals surface area contributed by atoms with Gasteiger partial charge in [0.25, 0.3) is 0 Å². The average Bonchev–Trinajstić information content (AvgIpc) is 2.98. The van der Waals surface area contributed by atoms with Crippen molar-refractivity contribution < 1.29 is 0 Å². The third-order valence-corrected chi connectivity index (χ3v) is 5.08. The van der Waals surface area contributed by atoms with E-state index in [1.807, 2.05) is 13.2 Å². The first-order valence-corrected chi connectivity index (χ1v) is 8.85. The zero-order chi connectivity index (χ0) is 14.7. The number of rotatable bonds is 4. The molecule has 2 saturated heterocycles. The van der Waals surface area contributed by atoms with Gasteiger partial charge >= 0.3 is 0 Å². The van der Waals surface area contributed by atoms with Gasteiger partial charge < -0.3 is 10.2 Å². The van der Waals surface area contributed by atoms with E-state index in [9.17, 15) is 0 Å². The highest BCUT2D eigenvalue weighted by Gasteiger charge is 2.29. The minimum Gasteiger partial charge on any atom is -0.355 e. The molecular weight excluding hydrogens is 328 g/mol. The molecule has 2 fully saturated rings. The van der Waals surface area contributed by atoms with Gasteiger partial charge in [-0.15, -0.1) is 0 Å². The summed E-state index contributed by atoms with van der Waals surface area (Å²) in [5.74, 6) is 1.16. The van der Waals surface area contributed by atoms with Crippen molar-refractivity contribution in [3.8, 4) is 0 Å². The van der Waals surface area contributed by atoms with Crippen LogP contribution in [0.1, 0.15) is 31.2 Å². The molecule has 21 heavy (non-hydrogen) atoms. The van der Waals surface area contributed by atoms with Gasteiger partial charge in [0.2, 0.25) is 0 Å². The number of likely N-dealkylation sites (tertiary alicyclic amines) is 1. The van der Waals surface area contributed by atoms with Crippen molar-refractivity contribution in [2.75, 3.05) is 38.1 Å². The largest absolute Gasteiger partial charge is 0.355 e. The van der Waals surface area contributed by atoms with Gasteiger partial charge in [0, 0.05) is 41.9 Å². The summed E-state index contributed by atoms with van der Waals surface area (Å²) < 4.78 is 1.06. The standard InChI is InChI=1S/C16H25BrN4/c1-18-10-13-9-14(17)11-19-16(13)21-8-5-15(12-21)20-6-3-2-4-7-20/h9,11,15,18H,2-8,10,12H2,1H3. The van der Waals surface area contributed by atoms with E-state index in [0.717, 1.165) is 36.0 Å². The Labute approximate surface area is 136 Å². The van der Waals surface area contributed by atoms with Crippen molar-refractivity contribution in [1.82, 2.24) is 15.2 Å². The molecule has 0 aliphatic carbocycles. The van der Waals surface area contributed by atoms with E-state index in [-0.39, 0.29) is 0 Å². The van der Waals surface area contributed by atoms with Crippen molar-refractivity contribution in [1.29, 1.82) is 0 Å². The van der Waals surface area contributed by atoms with Gasteiger partial charge in [0.1, 0.15) is 5.82 Å². The molecular formula is C16H25BrN4. The summed E-state index contributed by atoms with van der Waals surface area (Å²) in [5, 5.41) is 3.25. The lowest BCUT2D eigenvalue weighted by atomic mass is 10.1. The van der Waals surface area contributed by atoms with E-state index in [2.05, 4.69) is 42.1 Å². The summed E-state index contributed by atoms with van der Waals surface area (Å²) in [6.45, 7) is 5.70. The van der Waals surface area contributed by atoms with Crippen LogP contribution in [0, 0.1) is 0 Å². The van der Waals surface area contributed by atoms with E-state index in [0.29, 0.717) is 0 Å². The highest BCUT2D eigenvalue weighted by Crippen LogP contribution is 2.27. The average molecular weight is 353 g/mol. The molecule has 3 rings (SSSR count). The Hall–Kier alpha value is -0.650. The van der Waals surface area contributed by atoms with Crippen molar-refractivity contribution >= 4 is 21.7 Å². The number of piperidine rings is 1. The van der Waals surface area contributed by atoms with Gasteiger partial charge in [-0.3, -0.25) is 4.90 Å². The maximum absolute atomic E-state index is 4.68. The predicted molar refractivity (Wildman–Crippen MR) is 90.7 cm³/mol. The van der Waals surface area contributed by atoms with E-state index in [1.54, 1.807) is 0 Å². The second-order valence-electron chi connectivity index (χ2n) is 6.15. The molecule has 0 saturated carbocycles. The molecule has 5 heteroatoms. The fourth-order valence-corrected chi connectivity index (χ4v) is 3.97. The summed E-state index contributed by atoms with van der Waals surface area (Å²) >= 11 is 3.53. The first kappa shape index (κ1) is 15.3. The molecule has 0 bridgehead atoms. The lowest BCUT2D eigenvalue weighted by Crippen LogP contribution is -2.41. The molecule has 1 aromatic rings. The third-order valence-electron chi connectivity index (χ3n) is 4.65. The molecule has 0 spiro atoms. The molecule has 1 N–H and O–H groups in total. The Balaban J connectivity index is 1.70. The summed E-state index contributed by atoms with van der Waals surface area (Å²) in [7, 11) is 1.99. The van der Waals surface area contributed by atoms with Gasteiger partial charge in [0.15, 0.2) is 0 Å². The first-order valence-electron chi connectivity index (χ1n) is 8.06. The zero-order valence-corrected chi connectivity index (χ0v) is 14.4. The van der Waals surface area contributed by atoms with E-state index in [4.69, 9.17) is 0 Å². The van der Waals surface area contributed by atoms with Crippen LogP contribution in [0.5, 0.6) is 0 Å². The van der Waals surface area contributed by atoms with Crippen molar-refractivity contribution in [2.24, 2.45) is 0 Å². The number of hydrogen-bond acceptors (Lipinski definition) is 4. The van der Waals surface area contributed by atoms with Crippen LogP contribution in [0.15, 0.2) is 16.7 Å². The Morgan fingerprint density at radius 1 is 1.29 bits per heavy atom. The summed E-state index contributed by atoms with van der Waals surface area (Å²) in [5.41, 5.74) is 1.28. The SMILES string of the molecule is CNCc1cc(Br)cnc1N1CCC(N2CCCCC2)C1. The van der Waals surface area contributed by atoms with Crippen LogP contribution in [-0.2, 0) is 6.54 Å². The number of aromatic nitrogens is 1. The maximum atomic E-state index is 4.68. The zero-order valence-electron chi connectivity index (χ0n) is 12.8. The minimum atomic E-state index is 0.721. The highest BCUT2D eigenvalue weighted by molar-refractivity contribution is 9.10. The fourth-order valence-electron chi connectivity index (χ4n) is 3.60. The molecule has 2 aliphatic rings. The molecule has 4 nitrogen and oxygen atoms in total. The topological polar surface area (TPSA) is 31.4 Å². The monoisotopic (exact) mass is 352 g/mol. The van der Waals surface area contributed by atoms with Gasteiger partial charge in [-0.1, -0.05) is 6.42 Å². The quantitative estimate of drug-likeness (QED) is 0.902. The number of anilines is 1. The van der Waals surface area contributed by atoms with E-state index < -0.39 is 0 Å². The number of nitrogens with one attached hydrogen (secondary N) is 1. The summed E-state index contributed by atoms with van der Waals surface area (Å²) in [4.78, 5) is 9.84. The second kappa shape index (κ2) is 7.07. The third kappa shape index (κ3) is 3.58. The number of pyridine rings is 1. The predicted octanol–water partition coefficient (Wildman–Crippen LogP) is 2.63. The molecule has 1 unspecified atom stereocenters. The van der Waals surface area contributed by atoms with Crippen LogP contribution in [-0.4, -0.2) is 49.2 Å².